The van der Waals surface area contributed by atoms with Gasteiger partial charge in [-0.2, -0.15) is 5.10 Å². The third-order valence-corrected chi connectivity index (χ3v) is 2.82. The zero-order valence-corrected chi connectivity index (χ0v) is 8.84. The van der Waals surface area contributed by atoms with Gasteiger partial charge in [-0.15, -0.1) is 0 Å². The number of nitrogens with two attached hydrogens (primary N) is 1. The molecule has 2 heterocycles. The van der Waals surface area contributed by atoms with E-state index in [0.29, 0.717) is 24.6 Å². The number of hydrogen-bond acceptors (Lipinski definition) is 4. The van der Waals surface area contributed by atoms with Gasteiger partial charge in [-0.3, -0.25) is 19.6 Å². The molecule has 1 aromatic rings. The predicted octanol–water partition coefficient (Wildman–Crippen LogP) is 0.473. The highest BCUT2D eigenvalue weighted by molar-refractivity contribution is 5.95. The molecule has 0 spiro atoms. The van der Waals surface area contributed by atoms with Crippen molar-refractivity contribution in [2.24, 2.45) is 11.7 Å². The molecule has 2 rings (SSSR count). The highest BCUT2D eigenvalue weighted by Gasteiger charge is 2.33. The summed E-state index contributed by atoms with van der Waals surface area (Å²) in [6.07, 6.45) is 1.47. The molecule has 0 unspecified atom stereocenters. The molecule has 86 valence electrons. The first-order valence-corrected chi connectivity index (χ1v) is 5.04. The SMILES string of the molecule is C[C@@H]1CCn2nc(C(N)=O)c([N+](=O)[O-])c2C1. The summed E-state index contributed by atoms with van der Waals surface area (Å²) >= 11 is 0. The van der Waals surface area contributed by atoms with Gasteiger partial charge in [-0.05, 0) is 18.8 Å². The molecule has 1 atom stereocenters. The average molecular weight is 224 g/mol. The van der Waals surface area contributed by atoms with Crippen LogP contribution >= 0.6 is 0 Å². The molecule has 7 nitrogen and oxygen atoms in total. The molecule has 0 bridgehead atoms. The number of amides is 1. The lowest BCUT2D eigenvalue weighted by Crippen LogP contribution is -2.18. The van der Waals surface area contributed by atoms with Crippen molar-refractivity contribution < 1.29 is 9.72 Å². The van der Waals surface area contributed by atoms with Crippen LogP contribution in [0.25, 0.3) is 0 Å². The summed E-state index contributed by atoms with van der Waals surface area (Å²) in [4.78, 5) is 21.4. The number of nitro groups is 1. The van der Waals surface area contributed by atoms with Gasteiger partial charge in [0.15, 0.2) is 0 Å². The molecule has 0 aromatic carbocycles. The third-order valence-electron chi connectivity index (χ3n) is 2.82. The van der Waals surface area contributed by atoms with Crippen LogP contribution in [0, 0.1) is 16.0 Å². The maximum absolute atomic E-state index is 11.1. The van der Waals surface area contributed by atoms with Crippen LogP contribution in [0.3, 0.4) is 0 Å². The summed E-state index contributed by atoms with van der Waals surface area (Å²) in [5, 5.41) is 14.8. The van der Waals surface area contributed by atoms with Gasteiger partial charge in [0.1, 0.15) is 5.69 Å². The van der Waals surface area contributed by atoms with Gasteiger partial charge in [-0.1, -0.05) is 6.92 Å². The van der Waals surface area contributed by atoms with Gasteiger partial charge < -0.3 is 5.73 Å². The van der Waals surface area contributed by atoms with Crippen molar-refractivity contribution in [1.82, 2.24) is 9.78 Å². The first kappa shape index (κ1) is 10.6. The van der Waals surface area contributed by atoms with E-state index in [4.69, 9.17) is 5.73 Å². The Morgan fingerprint density at radius 3 is 2.94 bits per heavy atom. The maximum Gasteiger partial charge on any atom is 0.323 e. The molecule has 1 amide bonds. The maximum atomic E-state index is 11.1. The van der Waals surface area contributed by atoms with Gasteiger partial charge in [0.05, 0.1) is 4.92 Å². The Bertz CT molecular complexity index is 466. The third kappa shape index (κ3) is 1.54. The second-order valence-corrected chi connectivity index (χ2v) is 4.09. The highest BCUT2D eigenvalue weighted by Crippen LogP contribution is 2.30. The van der Waals surface area contributed by atoms with Crippen molar-refractivity contribution in [3.05, 3.63) is 21.5 Å². The quantitative estimate of drug-likeness (QED) is 0.582. The lowest BCUT2D eigenvalue weighted by atomic mass is 9.97. The minimum absolute atomic E-state index is 0.223. The first-order chi connectivity index (χ1) is 7.50. The van der Waals surface area contributed by atoms with Gasteiger partial charge in [0.25, 0.3) is 5.91 Å². The molecule has 0 aliphatic carbocycles. The van der Waals surface area contributed by atoms with E-state index in [2.05, 4.69) is 5.10 Å². The Labute approximate surface area is 91.4 Å². The van der Waals surface area contributed by atoms with Gasteiger partial charge in [-0.25, -0.2) is 0 Å². The Balaban J connectivity index is 2.58. The smallest absolute Gasteiger partial charge is 0.323 e. The molecule has 1 aliphatic rings. The van der Waals surface area contributed by atoms with Crippen LogP contribution < -0.4 is 5.73 Å². The minimum atomic E-state index is -0.846. The van der Waals surface area contributed by atoms with Crippen LogP contribution in [-0.2, 0) is 13.0 Å². The molecule has 1 aromatic heterocycles. The van der Waals surface area contributed by atoms with Crippen molar-refractivity contribution in [2.75, 3.05) is 0 Å². The van der Waals surface area contributed by atoms with E-state index in [0.717, 1.165) is 6.42 Å². The van der Waals surface area contributed by atoms with E-state index in [9.17, 15) is 14.9 Å². The Morgan fingerprint density at radius 1 is 1.69 bits per heavy atom. The van der Waals surface area contributed by atoms with Gasteiger partial charge in [0, 0.05) is 6.54 Å². The lowest BCUT2D eigenvalue weighted by Gasteiger charge is -2.18. The fourth-order valence-corrected chi connectivity index (χ4v) is 2.01. The summed E-state index contributed by atoms with van der Waals surface area (Å²) in [6.45, 7) is 2.62. The van der Waals surface area contributed by atoms with E-state index in [1.807, 2.05) is 6.92 Å². The number of hydrogen-bond donors (Lipinski definition) is 1. The van der Waals surface area contributed by atoms with Crippen molar-refractivity contribution in [1.29, 1.82) is 0 Å². The van der Waals surface area contributed by atoms with Crippen LogP contribution in [0.15, 0.2) is 0 Å². The molecule has 1 aliphatic heterocycles. The minimum Gasteiger partial charge on any atom is -0.364 e. The Morgan fingerprint density at radius 2 is 2.38 bits per heavy atom. The van der Waals surface area contributed by atoms with Gasteiger partial charge in [0.2, 0.25) is 5.69 Å². The topological polar surface area (TPSA) is 104 Å². The molecule has 2 N–H and O–H groups in total. The zero-order valence-electron chi connectivity index (χ0n) is 8.84. The van der Waals surface area contributed by atoms with E-state index in [1.165, 1.54) is 4.68 Å². The second kappa shape index (κ2) is 3.58. The monoisotopic (exact) mass is 224 g/mol. The normalized spacial score (nSPS) is 19.2. The number of aryl methyl sites for hydroxylation is 1. The molecular weight excluding hydrogens is 212 g/mol. The van der Waals surface area contributed by atoms with E-state index < -0.39 is 10.8 Å². The molecule has 0 radical (unpaired) electrons. The first-order valence-electron chi connectivity index (χ1n) is 5.04. The highest BCUT2D eigenvalue weighted by atomic mass is 16.6. The molecule has 0 saturated heterocycles. The standard InChI is InChI=1S/C9H12N4O3/c1-5-2-3-12-6(4-5)8(13(15)16)7(11-12)9(10)14/h5H,2-4H2,1H3,(H2,10,14)/t5-/m1/s1. The summed E-state index contributed by atoms with van der Waals surface area (Å²) in [6, 6.07) is 0. The van der Waals surface area contributed by atoms with Crippen molar-refractivity contribution >= 4 is 11.6 Å². The van der Waals surface area contributed by atoms with Crippen LogP contribution in [0.2, 0.25) is 0 Å². The molecule has 0 saturated carbocycles. The molecule has 0 fully saturated rings. The summed E-state index contributed by atoms with van der Waals surface area (Å²) in [7, 11) is 0. The second-order valence-electron chi connectivity index (χ2n) is 4.09. The number of aromatic nitrogens is 2. The number of rotatable bonds is 2. The summed E-state index contributed by atoms with van der Waals surface area (Å²) in [5.41, 5.74) is 5.14. The predicted molar refractivity (Wildman–Crippen MR) is 54.9 cm³/mol. The fraction of sp³-hybridized carbons (Fsp3) is 0.556. The van der Waals surface area contributed by atoms with E-state index >= 15 is 0 Å². The number of nitrogens with zero attached hydrogens (tertiary/aromatic N) is 3. The van der Waals surface area contributed by atoms with Gasteiger partial charge >= 0.3 is 5.69 Å². The van der Waals surface area contributed by atoms with E-state index in [-0.39, 0.29) is 11.4 Å². The van der Waals surface area contributed by atoms with Crippen molar-refractivity contribution in [3.63, 3.8) is 0 Å². The van der Waals surface area contributed by atoms with Crippen molar-refractivity contribution in [3.8, 4) is 0 Å². The zero-order chi connectivity index (χ0) is 11.9. The summed E-state index contributed by atoms with van der Waals surface area (Å²) in [5.74, 6) is -0.482. The van der Waals surface area contributed by atoms with Crippen LogP contribution in [0.5, 0.6) is 0 Å². The Hall–Kier alpha value is -1.92. The number of carbonyl (C=O) groups excluding carboxylic acids is 1. The fourth-order valence-electron chi connectivity index (χ4n) is 2.01. The van der Waals surface area contributed by atoms with Crippen LogP contribution in [0.4, 0.5) is 5.69 Å². The van der Waals surface area contributed by atoms with Crippen LogP contribution in [0.1, 0.15) is 29.5 Å². The number of primary amides is 1. The van der Waals surface area contributed by atoms with E-state index in [1.54, 1.807) is 0 Å². The van der Waals surface area contributed by atoms with Crippen molar-refractivity contribution in [2.45, 2.75) is 26.3 Å². The summed E-state index contributed by atoms with van der Waals surface area (Å²) < 4.78 is 1.53. The number of fused-ring (bicyclic) bond motifs is 1. The molecule has 16 heavy (non-hydrogen) atoms. The largest absolute Gasteiger partial charge is 0.364 e. The molecular formula is C9H12N4O3. The average Bonchev–Trinajstić information content (AvgIpc) is 2.55. The van der Waals surface area contributed by atoms with Crippen LogP contribution in [-0.4, -0.2) is 20.6 Å². The molecule has 7 heteroatoms. The number of carbonyl (C=O) groups is 1. The lowest BCUT2D eigenvalue weighted by molar-refractivity contribution is -0.386. The Kier molecular flexibility index (Phi) is 2.37.